The molecule has 0 bridgehead atoms. The molecule has 2 heteroatoms. The van der Waals surface area contributed by atoms with E-state index >= 15 is 0 Å². The lowest BCUT2D eigenvalue weighted by molar-refractivity contribution is 0.408. The van der Waals surface area contributed by atoms with Crippen molar-refractivity contribution in [1.29, 1.82) is 0 Å². The zero-order chi connectivity index (χ0) is 15.7. The lowest BCUT2D eigenvalue weighted by atomic mass is 9.93. The van der Waals surface area contributed by atoms with Crippen LogP contribution in [0.15, 0.2) is 42.5 Å². The van der Waals surface area contributed by atoms with E-state index in [0.717, 1.165) is 23.6 Å². The Balaban J connectivity index is 2.04. The minimum Gasteiger partial charge on any atom is -0.504 e. The van der Waals surface area contributed by atoms with E-state index in [1.54, 1.807) is 6.07 Å². The summed E-state index contributed by atoms with van der Waals surface area (Å²) in [6, 6.07) is 14.1. The number of benzene rings is 4. The Morgan fingerprint density at radius 1 is 0.739 bits per heavy atom. The van der Waals surface area contributed by atoms with Crippen LogP contribution in [0.3, 0.4) is 0 Å². The van der Waals surface area contributed by atoms with E-state index in [2.05, 4.69) is 31.2 Å². The first kappa shape index (κ1) is 12.8. The van der Waals surface area contributed by atoms with Crippen LogP contribution in [0, 0.1) is 6.92 Å². The van der Waals surface area contributed by atoms with Crippen LogP contribution in [0.2, 0.25) is 0 Å². The van der Waals surface area contributed by atoms with E-state index in [1.165, 1.54) is 32.8 Å². The average Bonchev–Trinajstić information content (AvgIpc) is 3.01. The third kappa shape index (κ3) is 1.53. The van der Waals surface area contributed by atoms with E-state index in [0.29, 0.717) is 5.39 Å². The molecule has 0 saturated carbocycles. The van der Waals surface area contributed by atoms with Crippen molar-refractivity contribution >= 4 is 32.3 Å². The third-order valence-electron chi connectivity index (χ3n) is 5.32. The summed E-state index contributed by atoms with van der Waals surface area (Å²) < 4.78 is 0. The SMILES string of the molecule is Cc1ccc2cc3c(ccc4c(O)c(O)ccc43)c3c2c1CC3. The Kier molecular flexibility index (Phi) is 2.31. The molecule has 0 radical (unpaired) electrons. The summed E-state index contributed by atoms with van der Waals surface area (Å²) in [7, 11) is 0. The van der Waals surface area contributed by atoms with E-state index in [4.69, 9.17) is 0 Å². The number of aromatic hydroxyl groups is 2. The van der Waals surface area contributed by atoms with Crippen LogP contribution in [0.25, 0.3) is 32.3 Å². The number of fused-ring (bicyclic) bond motifs is 4. The summed E-state index contributed by atoms with van der Waals surface area (Å²) in [5, 5.41) is 26.7. The molecule has 0 saturated heterocycles. The standard InChI is InChI=1S/C21H16O2/c1-11-2-3-12-10-18-14(16-6-4-13(11)20(12)16)5-7-17-15(18)8-9-19(22)21(17)23/h2-3,5,7-10,22-23H,4,6H2,1H3. The maximum absolute atomic E-state index is 10.2. The van der Waals surface area contributed by atoms with Gasteiger partial charge in [0, 0.05) is 5.39 Å². The van der Waals surface area contributed by atoms with Crippen molar-refractivity contribution in [2.24, 2.45) is 0 Å². The highest BCUT2D eigenvalue weighted by Gasteiger charge is 2.20. The van der Waals surface area contributed by atoms with Gasteiger partial charge in [-0.15, -0.1) is 0 Å². The molecule has 112 valence electrons. The van der Waals surface area contributed by atoms with Crippen molar-refractivity contribution in [3.63, 3.8) is 0 Å². The third-order valence-corrected chi connectivity index (χ3v) is 5.32. The van der Waals surface area contributed by atoms with Crippen molar-refractivity contribution < 1.29 is 10.2 Å². The van der Waals surface area contributed by atoms with Gasteiger partial charge in [-0.3, -0.25) is 0 Å². The van der Waals surface area contributed by atoms with E-state index < -0.39 is 0 Å². The summed E-state index contributed by atoms with van der Waals surface area (Å²) >= 11 is 0. The van der Waals surface area contributed by atoms with Crippen LogP contribution < -0.4 is 0 Å². The Labute approximate surface area is 133 Å². The monoisotopic (exact) mass is 300 g/mol. The fourth-order valence-corrected chi connectivity index (χ4v) is 4.19. The first-order valence-electron chi connectivity index (χ1n) is 7.96. The first-order valence-corrected chi connectivity index (χ1v) is 7.96. The van der Waals surface area contributed by atoms with Gasteiger partial charge in [-0.2, -0.15) is 0 Å². The number of rotatable bonds is 0. The molecule has 4 aromatic carbocycles. The molecule has 5 rings (SSSR count). The quantitative estimate of drug-likeness (QED) is 0.273. The van der Waals surface area contributed by atoms with E-state index in [9.17, 15) is 10.2 Å². The molecular formula is C21H16O2. The number of aryl methyl sites for hydroxylation is 3. The van der Waals surface area contributed by atoms with Gasteiger partial charge in [0.1, 0.15) is 0 Å². The molecule has 0 atom stereocenters. The lowest BCUT2D eigenvalue weighted by Gasteiger charge is -2.12. The molecule has 0 heterocycles. The summed E-state index contributed by atoms with van der Waals surface area (Å²) in [5.74, 6) is -0.106. The predicted molar refractivity (Wildman–Crippen MR) is 94.4 cm³/mol. The number of hydrogen-bond acceptors (Lipinski definition) is 2. The van der Waals surface area contributed by atoms with Gasteiger partial charge in [0.25, 0.3) is 0 Å². The predicted octanol–water partition coefficient (Wildman–Crippen LogP) is 4.96. The average molecular weight is 300 g/mol. The van der Waals surface area contributed by atoms with Crippen molar-refractivity contribution in [2.75, 3.05) is 0 Å². The van der Waals surface area contributed by atoms with Crippen molar-refractivity contribution in [3.05, 3.63) is 59.2 Å². The summed E-state index contributed by atoms with van der Waals surface area (Å²) in [6.45, 7) is 2.19. The van der Waals surface area contributed by atoms with Gasteiger partial charge in [0.2, 0.25) is 0 Å². The topological polar surface area (TPSA) is 40.5 Å². The molecular weight excluding hydrogens is 284 g/mol. The maximum atomic E-state index is 10.2. The number of phenolic OH excluding ortho intramolecular Hbond substituents is 2. The molecule has 0 fully saturated rings. The molecule has 0 unspecified atom stereocenters. The molecule has 0 spiro atoms. The van der Waals surface area contributed by atoms with Crippen LogP contribution >= 0.6 is 0 Å². The lowest BCUT2D eigenvalue weighted by Crippen LogP contribution is -1.87. The molecule has 0 amide bonds. The van der Waals surface area contributed by atoms with Gasteiger partial charge in [0.15, 0.2) is 11.5 Å². The van der Waals surface area contributed by atoms with Crippen molar-refractivity contribution in [1.82, 2.24) is 0 Å². The Bertz CT molecular complexity index is 1140. The van der Waals surface area contributed by atoms with Crippen LogP contribution in [0.5, 0.6) is 11.5 Å². The van der Waals surface area contributed by atoms with Crippen LogP contribution in [0.1, 0.15) is 16.7 Å². The molecule has 23 heavy (non-hydrogen) atoms. The van der Waals surface area contributed by atoms with Gasteiger partial charge in [-0.1, -0.05) is 18.2 Å². The highest BCUT2D eigenvalue weighted by Crippen LogP contribution is 2.42. The van der Waals surface area contributed by atoms with Gasteiger partial charge in [0.05, 0.1) is 0 Å². The van der Waals surface area contributed by atoms with Gasteiger partial charge in [-0.25, -0.2) is 0 Å². The number of hydrogen-bond donors (Lipinski definition) is 2. The van der Waals surface area contributed by atoms with Crippen LogP contribution in [0.4, 0.5) is 0 Å². The Morgan fingerprint density at radius 3 is 2.35 bits per heavy atom. The smallest absolute Gasteiger partial charge is 0.165 e. The minimum absolute atomic E-state index is 0.0366. The largest absolute Gasteiger partial charge is 0.504 e. The van der Waals surface area contributed by atoms with Gasteiger partial charge >= 0.3 is 0 Å². The molecule has 1 aliphatic carbocycles. The summed E-state index contributed by atoms with van der Waals surface area (Å²) in [4.78, 5) is 0. The van der Waals surface area contributed by atoms with E-state index in [1.807, 2.05) is 12.1 Å². The minimum atomic E-state index is -0.0694. The fourth-order valence-electron chi connectivity index (χ4n) is 4.19. The van der Waals surface area contributed by atoms with Crippen LogP contribution in [-0.4, -0.2) is 10.2 Å². The second-order valence-electron chi connectivity index (χ2n) is 6.50. The van der Waals surface area contributed by atoms with Gasteiger partial charge in [-0.05, 0) is 87.7 Å². The zero-order valence-corrected chi connectivity index (χ0v) is 12.9. The summed E-state index contributed by atoms with van der Waals surface area (Å²) in [5.41, 5.74) is 4.28. The molecule has 4 aromatic rings. The first-order chi connectivity index (χ1) is 11.1. The zero-order valence-electron chi connectivity index (χ0n) is 12.9. The Morgan fingerprint density at radius 2 is 1.48 bits per heavy atom. The van der Waals surface area contributed by atoms with Crippen molar-refractivity contribution in [2.45, 2.75) is 19.8 Å². The summed E-state index contributed by atoms with van der Waals surface area (Å²) in [6.07, 6.45) is 2.18. The molecule has 1 aliphatic rings. The molecule has 0 aromatic heterocycles. The Hall–Kier alpha value is -2.74. The molecule has 2 N–H and O–H groups in total. The highest BCUT2D eigenvalue weighted by molar-refractivity contribution is 6.16. The highest BCUT2D eigenvalue weighted by atomic mass is 16.3. The second-order valence-corrected chi connectivity index (χ2v) is 6.50. The van der Waals surface area contributed by atoms with Gasteiger partial charge < -0.3 is 10.2 Å². The molecule has 0 aliphatic heterocycles. The second kappa shape index (κ2) is 4.17. The maximum Gasteiger partial charge on any atom is 0.165 e. The normalized spacial score (nSPS) is 13.4. The fraction of sp³-hybridized carbons (Fsp3) is 0.143. The van der Waals surface area contributed by atoms with Crippen molar-refractivity contribution in [3.8, 4) is 11.5 Å². The molecule has 2 nitrogen and oxygen atoms in total. The van der Waals surface area contributed by atoms with E-state index in [-0.39, 0.29) is 11.5 Å². The van der Waals surface area contributed by atoms with Crippen LogP contribution in [-0.2, 0) is 12.8 Å². The number of phenols is 2.